The lowest BCUT2D eigenvalue weighted by atomic mass is 10.4. The third-order valence-corrected chi connectivity index (χ3v) is 4.87. The molecule has 0 bridgehead atoms. The molecule has 1 aliphatic rings. The Labute approximate surface area is 118 Å². The van der Waals surface area contributed by atoms with Gasteiger partial charge in [0, 0.05) is 32.0 Å². The van der Waals surface area contributed by atoms with Crippen LogP contribution in [0.15, 0.2) is 23.4 Å². The van der Waals surface area contributed by atoms with E-state index >= 15 is 0 Å². The zero-order chi connectivity index (χ0) is 14.6. The van der Waals surface area contributed by atoms with Crippen molar-refractivity contribution < 1.29 is 13.2 Å². The first kappa shape index (κ1) is 14.7. The maximum atomic E-state index is 12.6. The minimum absolute atomic E-state index is 0.108. The monoisotopic (exact) mass is 298 g/mol. The first-order valence-corrected chi connectivity index (χ1v) is 7.94. The quantitative estimate of drug-likeness (QED) is 0.818. The molecule has 1 aliphatic heterocycles. The summed E-state index contributed by atoms with van der Waals surface area (Å²) in [6, 6.07) is 1.62. The average Bonchev–Trinajstić information content (AvgIpc) is 2.65. The molecular formula is C12H18N4O3S. The smallest absolute Gasteiger partial charge is 0.247 e. The summed E-state index contributed by atoms with van der Waals surface area (Å²) in [4.78, 5) is 15.5. The lowest BCUT2D eigenvalue weighted by Gasteiger charge is -2.20. The van der Waals surface area contributed by atoms with Gasteiger partial charge in [0.1, 0.15) is 4.90 Å². The van der Waals surface area contributed by atoms with Gasteiger partial charge in [-0.05, 0) is 19.4 Å². The van der Waals surface area contributed by atoms with Gasteiger partial charge in [-0.1, -0.05) is 0 Å². The van der Waals surface area contributed by atoms with E-state index in [-0.39, 0.29) is 17.3 Å². The van der Waals surface area contributed by atoms with Crippen LogP contribution in [0.3, 0.4) is 0 Å². The summed E-state index contributed by atoms with van der Waals surface area (Å²) in [6.07, 6.45) is 3.45. The molecule has 2 heterocycles. The first-order valence-electron chi connectivity index (χ1n) is 6.50. The van der Waals surface area contributed by atoms with Gasteiger partial charge in [-0.3, -0.25) is 9.78 Å². The van der Waals surface area contributed by atoms with Crippen molar-refractivity contribution in [2.24, 2.45) is 0 Å². The van der Waals surface area contributed by atoms with Crippen molar-refractivity contribution in [3.05, 3.63) is 18.5 Å². The third-order valence-electron chi connectivity index (χ3n) is 3.00. The summed E-state index contributed by atoms with van der Waals surface area (Å²) >= 11 is 0. The van der Waals surface area contributed by atoms with Crippen LogP contribution < -0.4 is 10.6 Å². The maximum Gasteiger partial charge on any atom is 0.247 e. The van der Waals surface area contributed by atoms with Gasteiger partial charge in [-0.15, -0.1) is 0 Å². The molecule has 0 radical (unpaired) electrons. The number of aromatic nitrogens is 1. The van der Waals surface area contributed by atoms with Crippen molar-refractivity contribution in [1.82, 2.24) is 14.6 Å². The largest absolute Gasteiger partial charge is 0.384 e. The molecule has 1 aromatic heterocycles. The van der Waals surface area contributed by atoms with E-state index in [4.69, 9.17) is 0 Å². The molecule has 110 valence electrons. The predicted molar refractivity (Wildman–Crippen MR) is 74.8 cm³/mol. The van der Waals surface area contributed by atoms with Crippen molar-refractivity contribution in [2.75, 3.05) is 31.5 Å². The highest BCUT2D eigenvalue weighted by molar-refractivity contribution is 7.89. The summed E-state index contributed by atoms with van der Waals surface area (Å²) < 4.78 is 26.5. The van der Waals surface area contributed by atoms with E-state index in [1.54, 1.807) is 6.07 Å². The number of anilines is 1. The van der Waals surface area contributed by atoms with Crippen LogP contribution in [0.2, 0.25) is 0 Å². The zero-order valence-electron chi connectivity index (χ0n) is 11.3. The Morgan fingerprint density at radius 1 is 1.50 bits per heavy atom. The molecule has 0 unspecified atom stereocenters. The molecule has 1 amide bonds. The van der Waals surface area contributed by atoms with Crippen molar-refractivity contribution in [3.8, 4) is 0 Å². The number of hydrogen-bond acceptors (Lipinski definition) is 5. The number of nitrogens with zero attached hydrogens (tertiary/aromatic N) is 2. The molecule has 1 aromatic rings. The van der Waals surface area contributed by atoms with Crippen molar-refractivity contribution in [2.45, 2.75) is 18.2 Å². The fraction of sp³-hybridized carbons (Fsp3) is 0.500. The topological polar surface area (TPSA) is 91.4 Å². The van der Waals surface area contributed by atoms with Gasteiger partial charge in [0.25, 0.3) is 0 Å². The summed E-state index contributed by atoms with van der Waals surface area (Å²) in [7, 11) is -3.72. The molecule has 20 heavy (non-hydrogen) atoms. The number of sulfonamides is 1. The number of nitrogens with one attached hydrogen (secondary N) is 2. The normalized spacial score (nSPS) is 17.4. The standard InChI is InChI=1S/C12H18N4O3S/c1-2-14-10-4-6-13-8-11(10)20(18,19)16-7-3-5-15-12(17)9-16/h4,6,8H,2-3,5,7,9H2,1H3,(H,13,14)(H,15,17). The second-order valence-corrected chi connectivity index (χ2v) is 6.35. The average molecular weight is 298 g/mol. The molecule has 7 nitrogen and oxygen atoms in total. The number of pyridine rings is 1. The van der Waals surface area contributed by atoms with E-state index in [1.165, 1.54) is 16.7 Å². The molecule has 1 fully saturated rings. The molecule has 0 atom stereocenters. The van der Waals surface area contributed by atoms with Crippen LogP contribution in [0.4, 0.5) is 5.69 Å². The van der Waals surface area contributed by atoms with E-state index in [0.717, 1.165) is 0 Å². The Kier molecular flexibility index (Phi) is 4.56. The Morgan fingerprint density at radius 2 is 2.30 bits per heavy atom. The molecule has 0 aliphatic carbocycles. The molecule has 0 spiro atoms. The van der Waals surface area contributed by atoms with Gasteiger partial charge in [0.15, 0.2) is 0 Å². The number of carbonyl (C=O) groups is 1. The summed E-state index contributed by atoms with van der Waals surface area (Å²) in [6.45, 7) is 3.16. The van der Waals surface area contributed by atoms with Gasteiger partial charge in [-0.2, -0.15) is 4.31 Å². The van der Waals surface area contributed by atoms with Gasteiger partial charge in [0.2, 0.25) is 15.9 Å². The fourth-order valence-corrected chi connectivity index (χ4v) is 3.59. The van der Waals surface area contributed by atoms with Crippen LogP contribution in [-0.4, -0.2) is 49.8 Å². The predicted octanol–water partition coefficient (Wildman–Crippen LogP) is 0.0240. The fourth-order valence-electron chi connectivity index (χ4n) is 2.04. The highest BCUT2D eigenvalue weighted by atomic mass is 32.2. The third kappa shape index (κ3) is 3.07. The Hall–Kier alpha value is -1.67. The first-order chi connectivity index (χ1) is 9.55. The van der Waals surface area contributed by atoms with Crippen LogP contribution >= 0.6 is 0 Å². The van der Waals surface area contributed by atoms with E-state index in [1.807, 2.05) is 6.92 Å². The molecular weight excluding hydrogens is 280 g/mol. The second-order valence-electron chi connectivity index (χ2n) is 4.44. The maximum absolute atomic E-state index is 12.6. The number of amides is 1. The van der Waals surface area contributed by atoms with E-state index in [0.29, 0.717) is 31.7 Å². The number of rotatable bonds is 4. The minimum atomic E-state index is -3.72. The van der Waals surface area contributed by atoms with Crippen molar-refractivity contribution in [3.63, 3.8) is 0 Å². The van der Waals surface area contributed by atoms with Gasteiger partial charge < -0.3 is 10.6 Å². The highest BCUT2D eigenvalue weighted by Crippen LogP contribution is 2.23. The zero-order valence-corrected chi connectivity index (χ0v) is 12.1. The Balaban J connectivity index is 2.36. The van der Waals surface area contributed by atoms with Crippen molar-refractivity contribution in [1.29, 1.82) is 0 Å². The summed E-state index contributed by atoms with van der Waals surface area (Å²) in [5, 5.41) is 5.66. The summed E-state index contributed by atoms with van der Waals surface area (Å²) in [5.74, 6) is -0.278. The molecule has 2 rings (SSSR count). The van der Waals surface area contributed by atoms with E-state index in [2.05, 4.69) is 15.6 Å². The second kappa shape index (κ2) is 6.19. The molecule has 1 saturated heterocycles. The molecule has 8 heteroatoms. The molecule has 0 aromatic carbocycles. The van der Waals surface area contributed by atoms with Crippen molar-refractivity contribution >= 4 is 21.6 Å². The summed E-state index contributed by atoms with van der Waals surface area (Å²) in [5.41, 5.74) is 0.507. The van der Waals surface area contributed by atoms with Gasteiger partial charge in [-0.25, -0.2) is 8.42 Å². The molecule has 0 saturated carbocycles. The van der Waals surface area contributed by atoms with Crippen LogP contribution in [-0.2, 0) is 14.8 Å². The number of carbonyl (C=O) groups excluding carboxylic acids is 1. The van der Waals surface area contributed by atoms with Gasteiger partial charge in [0.05, 0.1) is 12.2 Å². The SMILES string of the molecule is CCNc1ccncc1S(=O)(=O)N1CCCNC(=O)C1. The lowest BCUT2D eigenvalue weighted by molar-refractivity contribution is -0.120. The Bertz CT molecular complexity index is 588. The number of hydrogen-bond donors (Lipinski definition) is 2. The van der Waals surface area contributed by atoms with E-state index < -0.39 is 10.0 Å². The van der Waals surface area contributed by atoms with Crippen LogP contribution in [0.25, 0.3) is 0 Å². The lowest BCUT2D eigenvalue weighted by Crippen LogP contribution is -2.37. The Morgan fingerprint density at radius 3 is 3.05 bits per heavy atom. The van der Waals surface area contributed by atoms with E-state index in [9.17, 15) is 13.2 Å². The minimum Gasteiger partial charge on any atom is -0.384 e. The van der Waals surface area contributed by atoms with Crippen LogP contribution in [0.5, 0.6) is 0 Å². The molecule has 2 N–H and O–H groups in total. The van der Waals surface area contributed by atoms with Gasteiger partial charge >= 0.3 is 0 Å². The highest BCUT2D eigenvalue weighted by Gasteiger charge is 2.30. The van der Waals surface area contributed by atoms with Crippen LogP contribution in [0.1, 0.15) is 13.3 Å². The van der Waals surface area contributed by atoms with Crippen LogP contribution in [0, 0.1) is 0 Å².